The van der Waals surface area contributed by atoms with Gasteiger partial charge in [-0.15, -0.1) is 0 Å². The molecule has 0 fully saturated rings. The minimum absolute atomic E-state index is 0.106. The monoisotopic (exact) mass is 279 g/mol. The summed E-state index contributed by atoms with van der Waals surface area (Å²) in [4.78, 5) is 7.23. The number of fused-ring (bicyclic) bond motifs is 1. The van der Waals surface area contributed by atoms with Crippen molar-refractivity contribution in [3.8, 4) is 11.4 Å². The van der Waals surface area contributed by atoms with Crippen LogP contribution in [-0.2, 0) is 0 Å². The van der Waals surface area contributed by atoms with E-state index in [0.29, 0.717) is 27.4 Å². The fourth-order valence-electron chi connectivity index (χ4n) is 1.89. The third-order valence-corrected chi connectivity index (χ3v) is 3.12. The highest BCUT2D eigenvalue weighted by atomic mass is 35.5. The molecule has 3 N–H and O–H groups in total. The Morgan fingerprint density at radius 1 is 1.16 bits per heavy atom. The van der Waals surface area contributed by atoms with E-state index in [1.807, 2.05) is 0 Å². The molecule has 3 rings (SSSR count). The number of imidazole rings is 1. The molecule has 19 heavy (non-hydrogen) atoms. The lowest BCUT2D eigenvalue weighted by molar-refractivity contribution is 0.509. The standard InChI is InChI=1S/C13H8ClF2N3/c14-7-2-1-3-11-12(7)19-13(18-11)6-4-8(15)9(16)5-10(6)17/h1-5H,17H2,(H,18,19). The maximum atomic E-state index is 13.3. The Bertz CT molecular complexity index is 783. The molecule has 0 bridgehead atoms. The summed E-state index contributed by atoms with van der Waals surface area (Å²) in [5, 5.41) is 0.473. The fourth-order valence-corrected chi connectivity index (χ4v) is 2.11. The first kappa shape index (κ1) is 11.9. The molecule has 0 unspecified atom stereocenters. The fraction of sp³-hybridized carbons (Fsp3) is 0. The highest BCUT2D eigenvalue weighted by molar-refractivity contribution is 6.35. The van der Waals surface area contributed by atoms with Gasteiger partial charge in [-0.25, -0.2) is 13.8 Å². The van der Waals surface area contributed by atoms with Crippen LogP contribution in [0.4, 0.5) is 14.5 Å². The SMILES string of the molecule is Nc1cc(F)c(F)cc1-c1nc2c(Cl)cccc2[nH]1. The van der Waals surface area contributed by atoms with Crippen LogP contribution in [0.1, 0.15) is 0 Å². The molecule has 0 saturated carbocycles. The molecule has 0 amide bonds. The molecule has 0 saturated heterocycles. The zero-order valence-corrected chi connectivity index (χ0v) is 10.3. The predicted octanol–water partition coefficient (Wildman–Crippen LogP) is 3.74. The van der Waals surface area contributed by atoms with Crippen molar-refractivity contribution in [3.05, 3.63) is 47.0 Å². The van der Waals surface area contributed by atoms with Crippen LogP contribution in [-0.4, -0.2) is 9.97 Å². The predicted molar refractivity (Wildman–Crippen MR) is 70.9 cm³/mol. The molecular formula is C13H8ClF2N3. The minimum atomic E-state index is -0.990. The number of nitrogen functional groups attached to an aromatic ring is 1. The number of nitrogens with zero attached hydrogens (tertiary/aromatic N) is 1. The van der Waals surface area contributed by atoms with E-state index in [-0.39, 0.29) is 5.69 Å². The van der Waals surface area contributed by atoms with Gasteiger partial charge in [0, 0.05) is 17.3 Å². The topological polar surface area (TPSA) is 54.7 Å². The van der Waals surface area contributed by atoms with Gasteiger partial charge in [0.25, 0.3) is 0 Å². The van der Waals surface area contributed by atoms with Gasteiger partial charge in [-0.1, -0.05) is 17.7 Å². The van der Waals surface area contributed by atoms with Crippen LogP contribution < -0.4 is 5.73 Å². The first-order chi connectivity index (χ1) is 9.06. The molecule has 0 spiro atoms. The van der Waals surface area contributed by atoms with Crippen molar-refractivity contribution < 1.29 is 8.78 Å². The number of benzene rings is 2. The first-order valence-electron chi connectivity index (χ1n) is 5.45. The lowest BCUT2D eigenvalue weighted by atomic mass is 10.1. The molecule has 3 aromatic rings. The van der Waals surface area contributed by atoms with Crippen molar-refractivity contribution in [1.82, 2.24) is 9.97 Å². The summed E-state index contributed by atoms with van der Waals surface area (Å²) in [5.74, 6) is -1.62. The zero-order chi connectivity index (χ0) is 13.6. The van der Waals surface area contributed by atoms with Crippen molar-refractivity contribution in [2.45, 2.75) is 0 Å². The van der Waals surface area contributed by atoms with Crippen molar-refractivity contribution in [2.24, 2.45) is 0 Å². The third kappa shape index (κ3) is 1.92. The number of halogens is 3. The molecule has 0 aliphatic rings. The largest absolute Gasteiger partial charge is 0.398 e. The van der Waals surface area contributed by atoms with Gasteiger partial charge < -0.3 is 10.7 Å². The Balaban J connectivity index is 2.25. The quantitative estimate of drug-likeness (QED) is 0.667. The number of hydrogen-bond donors (Lipinski definition) is 2. The molecule has 1 heterocycles. The molecule has 0 aliphatic carbocycles. The number of H-pyrrole nitrogens is 1. The van der Waals surface area contributed by atoms with Crippen LogP contribution in [0.3, 0.4) is 0 Å². The Kier molecular flexibility index (Phi) is 2.64. The number of nitrogens with two attached hydrogens (primary N) is 1. The lowest BCUT2D eigenvalue weighted by Gasteiger charge is -2.03. The second kappa shape index (κ2) is 4.20. The number of hydrogen-bond acceptors (Lipinski definition) is 2. The molecule has 3 nitrogen and oxygen atoms in total. The summed E-state index contributed by atoms with van der Waals surface area (Å²) in [6.45, 7) is 0. The van der Waals surface area contributed by atoms with Crippen molar-refractivity contribution in [3.63, 3.8) is 0 Å². The summed E-state index contributed by atoms with van der Waals surface area (Å²) >= 11 is 6.01. The summed E-state index contributed by atoms with van der Waals surface area (Å²) in [6.07, 6.45) is 0. The van der Waals surface area contributed by atoms with Crippen molar-refractivity contribution in [2.75, 3.05) is 5.73 Å². The molecular weight excluding hydrogens is 272 g/mol. The normalized spacial score (nSPS) is 11.1. The van der Waals surface area contributed by atoms with Crippen LogP contribution in [0.2, 0.25) is 5.02 Å². The maximum absolute atomic E-state index is 13.3. The van der Waals surface area contributed by atoms with Gasteiger partial charge in [0.2, 0.25) is 0 Å². The number of aromatic amines is 1. The van der Waals surface area contributed by atoms with Crippen LogP contribution in [0.25, 0.3) is 22.4 Å². The van der Waals surface area contributed by atoms with E-state index in [4.69, 9.17) is 17.3 Å². The van der Waals surface area contributed by atoms with Gasteiger partial charge in [-0.3, -0.25) is 0 Å². The second-order valence-electron chi connectivity index (χ2n) is 4.07. The smallest absolute Gasteiger partial charge is 0.160 e. The highest BCUT2D eigenvalue weighted by Crippen LogP contribution is 2.29. The number of rotatable bonds is 1. The van der Waals surface area contributed by atoms with Crippen LogP contribution in [0.15, 0.2) is 30.3 Å². The Labute approximate surface area is 112 Å². The van der Waals surface area contributed by atoms with E-state index in [2.05, 4.69) is 9.97 Å². The van der Waals surface area contributed by atoms with E-state index >= 15 is 0 Å². The van der Waals surface area contributed by atoms with Gasteiger partial charge in [-0.2, -0.15) is 0 Å². The summed E-state index contributed by atoms with van der Waals surface area (Å²) < 4.78 is 26.3. The molecule has 96 valence electrons. The minimum Gasteiger partial charge on any atom is -0.398 e. The highest BCUT2D eigenvalue weighted by Gasteiger charge is 2.13. The molecule has 0 atom stereocenters. The number of nitrogens with one attached hydrogen (secondary N) is 1. The van der Waals surface area contributed by atoms with E-state index in [1.54, 1.807) is 18.2 Å². The Hall–Kier alpha value is -2.14. The van der Waals surface area contributed by atoms with Gasteiger partial charge in [-0.05, 0) is 18.2 Å². The van der Waals surface area contributed by atoms with Gasteiger partial charge in [0.1, 0.15) is 11.3 Å². The van der Waals surface area contributed by atoms with E-state index in [1.165, 1.54) is 0 Å². The number of para-hydroxylation sites is 1. The van der Waals surface area contributed by atoms with Crippen LogP contribution >= 0.6 is 11.6 Å². The molecule has 2 aromatic carbocycles. The third-order valence-electron chi connectivity index (χ3n) is 2.81. The Morgan fingerprint density at radius 3 is 2.63 bits per heavy atom. The average Bonchev–Trinajstić information content (AvgIpc) is 2.79. The summed E-state index contributed by atoms with van der Waals surface area (Å²) in [6, 6.07) is 7.19. The van der Waals surface area contributed by atoms with E-state index < -0.39 is 11.6 Å². The van der Waals surface area contributed by atoms with Gasteiger partial charge >= 0.3 is 0 Å². The van der Waals surface area contributed by atoms with E-state index in [9.17, 15) is 8.78 Å². The number of anilines is 1. The van der Waals surface area contributed by atoms with Gasteiger partial charge in [0.15, 0.2) is 11.6 Å². The molecule has 6 heteroatoms. The summed E-state index contributed by atoms with van der Waals surface area (Å²) in [5.41, 5.74) is 7.34. The van der Waals surface area contributed by atoms with Crippen molar-refractivity contribution >= 4 is 28.3 Å². The van der Waals surface area contributed by atoms with Crippen LogP contribution in [0, 0.1) is 11.6 Å². The summed E-state index contributed by atoms with van der Waals surface area (Å²) in [7, 11) is 0. The van der Waals surface area contributed by atoms with Gasteiger partial charge in [0.05, 0.1) is 10.5 Å². The first-order valence-corrected chi connectivity index (χ1v) is 5.83. The average molecular weight is 280 g/mol. The molecule has 0 aliphatic heterocycles. The zero-order valence-electron chi connectivity index (χ0n) is 9.55. The second-order valence-corrected chi connectivity index (χ2v) is 4.48. The maximum Gasteiger partial charge on any atom is 0.160 e. The molecule has 1 aromatic heterocycles. The molecule has 0 radical (unpaired) electrons. The van der Waals surface area contributed by atoms with E-state index in [0.717, 1.165) is 12.1 Å². The van der Waals surface area contributed by atoms with Crippen LogP contribution in [0.5, 0.6) is 0 Å². The van der Waals surface area contributed by atoms with Crippen molar-refractivity contribution in [1.29, 1.82) is 0 Å². The lowest BCUT2D eigenvalue weighted by Crippen LogP contribution is -1.95. The Morgan fingerprint density at radius 2 is 1.89 bits per heavy atom. The number of aromatic nitrogens is 2.